The van der Waals surface area contributed by atoms with Crippen LogP contribution in [0.2, 0.25) is 0 Å². The molecule has 0 spiro atoms. The first kappa shape index (κ1) is 21.0. The Morgan fingerprint density at radius 1 is 1.26 bits per heavy atom. The van der Waals surface area contributed by atoms with Crippen molar-refractivity contribution in [2.75, 3.05) is 0 Å². The number of aromatic nitrogens is 1. The number of hydrogen-bond donors (Lipinski definition) is 2. The molecule has 3 atom stereocenters. The molecule has 2 aliphatic heterocycles. The molecule has 0 radical (unpaired) electrons. The maximum absolute atomic E-state index is 12.9. The first-order valence-corrected chi connectivity index (χ1v) is 9.71. The number of aliphatic hydroxyl groups excluding tert-OH is 1. The van der Waals surface area contributed by atoms with Gasteiger partial charge in [-0.2, -0.15) is 13.2 Å². The molecular weight excluding hydrogens is 413 g/mol. The van der Waals surface area contributed by atoms with Crippen molar-refractivity contribution in [1.82, 2.24) is 4.90 Å². The Balaban J connectivity index is 1.57. The van der Waals surface area contributed by atoms with E-state index in [0.29, 0.717) is 17.6 Å². The highest BCUT2D eigenvalue weighted by molar-refractivity contribution is 6.06. The Bertz CT molecular complexity index is 1080. The molecule has 6 nitrogen and oxygen atoms in total. The maximum Gasteiger partial charge on any atom is 0.422 e. The van der Waals surface area contributed by atoms with Crippen LogP contribution in [0.3, 0.4) is 0 Å². The highest BCUT2D eigenvalue weighted by Crippen LogP contribution is 2.46. The number of aliphatic carboxylic acids is 1. The molecule has 0 unspecified atom stereocenters. The zero-order chi connectivity index (χ0) is 22.5. The molecule has 0 saturated carbocycles. The van der Waals surface area contributed by atoms with Crippen molar-refractivity contribution in [1.29, 1.82) is 0 Å². The number of halogens is 3. The highest BCUT2D eigenvalue weighted by Gasteiger charge is 2.56. The van der Waals surface area contributed by atoms with Gasteiger partial charge in [-0.3, -0.25) is 4.79 Å². The van der Waals surface area contributed by atoms with Crippen LogP contribution < -0.4 is 4.57 Å². The molecule has 1 aromatic heterocycles. The Kier molecular flexibility index (Phi) is 5.09. The quantitative estimate of drug-likeness (QED) is 0.561. The molecule has 9 heteroatoms. The predicted octanol–water partition coefficient (Wildman–Crippen LogP) is 2.45. The molecule has 31 heavy (non-hydrogen) atoms. The number of nitrogens with zero attached hydrogens (tertiary/aromatic N) is 2. The van der Waals surface area contributed by atoms with Gasteiger partial charge < -0.3 is 15.1 Å². The third-order valence-corrected chi connectivity index (χ3v) is 5.78. The average Bonchev–Trinajstić information content (AvgIpc) is 3.03. The van der Waals surface area contributed by atoms with Gasteiger partial charge in [-0.1, -0.05) is 24.3 Å². The van der Waals surface area contributed by atoms with Crippen molar-refractivity contribution >= 4 is 17.4 Å². The zero-order valence-electron chi connectivity index (χ0n) is 16.5. The van der Waals surface area contributed by atoms with E-state index < -0.39 is 35.6 Å². The van der Waals surface area contributed by atoms with E-state index in [-0.39, 0.29) is 18.3 Å². The summed E-state index contributed by atoms with van der Waals surface area (Å²) in [5.74, 6) is -2.23. The van der Waals surface area contributed by atoms with Crippen LogP contribution in [-0.2, 0) is 22.3 Å². The van der Waals surface area contributed by atoms with Crippen molar-refractivity contribution < 1.29 is 37.5 Å². The van der Waals surface area contributed by atoms with Gasteiger partial charge in [-0.05, 0) is 30.5 Å². The lowest BCUT2D eigenvalue weighted by Crippen LogP contribution is -2.61. The number of carbonyl (C=O) groups excluding carboxylic acids is 1. The van der Waals surface area contributed by atoms with E-state index in [1.54, 1.807) is 24.3 Å². The number of aliphatic hydroxyl groups is 1. The predicted molar refractivity (Wildman–Crippen MR) is 102 cm³/mol. The minimum absolute atomic E-state index is 0.0769. The van der Waals surface area contributed by atoms with Crippen LogP contribution in [0.4, 0.5) is 13.2 Å². The Labute approximate surface area is 175 Å². The van der Waals surface area contributed by atoms with Crippen LogP contribution in [0.15, 0.2) is 54.5 Å². The van der Waals surface area contributed by atoms with E-state index >= 15 is 0 Å². The third kappa shape index (κ3) is 3.69. The van der Waals surface area contributed by atoms with E-state index in [1.165, 1.54) is 28.7 Å². The Morgan fingerprint density at radius 2 is 1.94 bits per heavy atom. The first-order valence-electron chi connectivity index (χ1n) is 9.71. The lowest BCUT2D eigenvalue weighted by Gasteiger charge is -2.44. The number of alkyl halides is 3. The molecule has 3 heterocycles. The minimum Gasteiger partial charge on any atom is -0.477 e. The van der Waals surface area contributed by atoms with Crippen LogP contribution in [0, 0.1) is 5.92 Å². The van der Waals surface area contributed by atoms with Gasteiger partial charge in [0.2, 0.25) is 5.91 Å². The number of β-lactam (4-membered cyclic amide) rings is 1. The standard InChI is InChI=1S/C22H19F3N2O4/c1-12(28)18-17-9-16(19(21(30)31)27(17)20(18)29)14-6-4-13(5-7-14)10-26-8-2-3-15(11-26)22(23,24)25/h2-8,11-12,17-18,28H,9-10H2,1H3/p+1/t12-,17-,18-/m1/s1. The van der Waals surface area contributed by atoms with E-state index in [2.05, 4.69) is 0 Å². The molecule has 1 fully saturated rings. The number of carboxylic acids is 1. The number of rotatable bonds is 5. The fourth-order valence-electron chi connectivity index (χ4n) is 4.34. The molecule has 1 saturated heterocycles. The zero-order valence-corrected chi connectivity index (χ0v) is 16.5. The second-order valence-electron chi connectivity index (χ2n) is 7.84. The number of carboxylic acid groups (broad SMARTS) is 1. The summed E-state index contributed by atoms with van der Waals surface area (Å²) in [6.07, 6.45) is -2.40. The van der Waals surface area contributed by atoms with Crippen molar-refractivity contribution in [3.05, 3.63) is 71.2 Å². The minimum atomic E-state index is -4.43. The first-order chi connectivity index (χ1) is 14.6. The normalized spacial score (nSPS) is 21.7. The second-order valence-corrected chi connectivity index (χ2v) is 7.84. The van der Waals surface area contributed by atoms with Crippen molar-refractivity contribution in [2.45, 2.75) is 38.2 Å². The molecule has 1 amide bonds. The summed E-state index contributed by atoms with van der Waals surface area (Å²) < 4.78 is 40.1. The van der Waals surface area contributed by atoms with Gasteiger partial charge in [0.25, 0.3) is 0 Å². The molecule has 0 bridgehead atoms. The molecular formula is C22H20F3N2O4+. The number of benzene rings is 1. The van der Waals surface area contributed by atoms with Crippen molar-refractivity contribution in [2.24, 2.45) is 5.92 Å². The third-order valence-electron chi connectivity index (χ3n) is 5.78. The molecule has 1 aromatic carbocycles. The van der Waals surface area contributed by atoms with Crippen LogP contribution in [-0.4, -0.2) is 39.1 Å². The van der Waals surface area contributed by atoms with E-state index in [1.807, 2.05) is 0 Å². The molecule has 2 aliphatic rings. The fourth-order valence-corrected chi connectivity index (χ4v) is 4.34. The lowest BCUT2D eigenvalue weighted by molar-refractivity contribution is -0.689. The van der Waals surface area contributed by atoms with Crippen LogP contribution >= 0.6 is 0 Å². The maximum atomic E-state index is 12.9. The van der Waals surface area contributed by atoms with Crippen LogP contribution in [0.1, 0.15) is 30.0 Å². The topological polar surface area (TPSA) is 81.7 Å². The van der Waals surface area contributed by atoms with Gasteiger partial charge in [0, 0.05) is 11.6 Å². The smallest absolute Gasteiger partial charge is 0.422 e. The summed E-state index contributed by atoms with van der Waals surface area (Å²) in [5, 5.41) is 19.5. The van der Waals surface area contributed by atoms with Gasteiger partial charge in [0.1, 0.15) is 11.3 Å². The van der Waals surface area contributed by atoms with Crippen molar-refractivity contribution in [3.63, 3.8) is 0 Å². The molecule has 2 N–H and O–H groups in total. The van der Waals surface area contributed by atoms with Crippen LogP contribution in [0.25, 0.3) is 5.57 Å². The largest absolute Gasteiger partial charge is 0.477 e. The number of hydrogen-bond acceptors (Lipinski definition) is 3. The van der Waals surface area contributed by atoms with E-state index in [4.69, 9.17) is 0 Å². The molecule has 4 rings (SSSR count). The Hall–Kier alpha value is -3.20. The monoisotopic (exact) mass is 433 g/mol. The summed E-state index contributed by atoms with van der Waals surface area (Å²) in [4.78, 5) is 25.4. The van der Waals surface area contributed by atoms with Crippen molar-refractivity contribution in [3.8, 4) is 0 Å². The van der Waals surface area contributed by atoms with Gasteiger partial charge in [0.15, 0.2) is 18.9 Å². The fraction of sp³-hybridized carbons (Fsp3) is 0.318. The highest BCUT2D eigenvalue weighted by atomic mass is 19.4. The second kappa shape index (κ2) is 7.49. The van der Waals surface area contributed by atoms with Gasteiger partial charge in [-0.15, -0.1) is 0 Å². The van der Waals surface area contributed by atoms with Crippen LogP contribution in [0.5, 0.6) is 0 Å². The van der Waals surface area contributed by atoms with E-state index in [0.717, 1.165) is 17.8 Å². The summed E-state index contributed by atoms with van der Waals surface area (Å²) in [7, 11) is 0. The number of pyridine rings is 1. The molecule has 0 aliphatic carbocycles. The number of carbonyl (C=O) groups is 2. The van der Waals surface area contributed by atoms with Gasteiger partial charge >= 0.3 is 12.1 Å². The SMILES string of the molecule is C[C@@H](O)[C@H]1C(=O)N2C(C(=O)O)=C(c3ccc(C[n+]4cccc(C(F)(F)F)c4)cc3)C[C@H]12. The molecule has 162 valence electrons. The summed E-state index contributed by atoms with van der Waals surface area (Å²) in [6, 6.07) is 8.81. The van der Waals surface area contributed by atoms with Gasteiger partial charge in [-0.25, -0.2) is 9.36 Å². The molecule has 2 aromatic rings. The Morgan fingerprint density at radius 3 is 2.52 bits per heavy atom. The summed E-state index contributed by atoms with van der Waals surface area (Å²) >= 11 is 0. The summed E-state index contributed by atoms with van der Waals surface area (Å²) in [6.45, 7) is 1.73. The lowest BCUT2D eigenvalue weighted by atomic mass is 9.82. The summed E-state index contributed by atoms with van der Waals surface area (Å²) in [5.41, 5.74) is 1.06. The number of amides is 1. The van der Waals surface area contributed by atoms with E-state index in [9.17, 15) is 33.0 Å². The van der Waals surface area contributed by atoms with Gasteiger partial charge in [0.05, 0.1) is 18.1 Å². The average molecular weight is 433 g/mol. The number of fused-ring (bicyclic) bond motifs is 1.